The molecule has 0 spiro atoms. The molecular weight excluding hydrogens is 230 g/mol. The number of likely N-dealkylation sites (tertiary alicyclic amines) is 1. The summed E-state index contributed by atoms with van der Waals surface area (Å²) in [5.41, 5.74) is 13.3. The molecule has 1 fully saturated rings. The maximum absolute atomic E-state index is 6.40. The second kappa shape index (κ2) is 5.96. The van der Waals surface area contributed by atoms with E-state index in [0.717, 1.165) is 26.2 Å². The van der Waals surface area contributed by atoms with Gasteiger partial charge >= 0.3 is 0 Å². The van der Waals surface area contributed by atoms with Crippen LogP contribution in [0.2, 0.25) is 0 Å². The summed E-state index contributed by atoms with van der Waals surface area (Å²) in [6.07, 6.45) is 2.41. The maximum Gasteiger partial charge on any atom is 0.0422 e. The van der Waals surface area contributed by atoms with E-state index in [1.54, 1.807) is 11.3 Å². The van der Waals surface area contributed by atoms with Crippen LogP contribution in [0, 0.1) is 12.8 Å². The summed E-state index contributed by atoms with van der Waals surface area (Å²) in [5, 5.41) is 2.15. The van der Waals surface area contributed by atoms with E-state index in [0.29, 0.717) is 5.92 Å². The Kier molecular flexibility index (Phi) is 4.56. The molecule has 1 aromatic rings. The molecule has 1 aromatic heterocycles. The third kappa shape index (κ3) is 3.07. The minimum absolute atomic E-state index is 0.232. The smallest absolute Gasteiger partial charge is 0.0422 e. The molecule has 17 heavy (non-hydrogen) atoms. The Bertz CT molecular complexity index is 342. The van der Waals surface area contributed by atoms with Crippen LogP contribution in [0.25, 0.3) is 0 Å². The zero-order chi connectivity index (χ0) is 12.3. The monoisotopic (exact) mass is 253 g/mol. The lowest BCUT2D eigenvalue weighted by Crippen LogP contribution is -2.39. The molecule has 0 amide bonds. The van der Waals surface area contributed by atoms with Crippen molar-refractivity contribution in [2.75, 3.05) is 26.2 Å². The Morgan fingerprint density at radius 2 is 2.18 bits per heavy atom. The van der Waals surface area contributed by atoms with Gasteiger partial charge in [-0.1, -0.05) is 0 Å². The van der Waals surface area contributed by atoms with Gasteiger partial charge in [-0.25, -0.2) is 0 Å². The standard InChI is InChI=1S/C13H23N3S/c1-10-4-9-17-13(10)12(15)11-2-6-16(7-3-11)8-5-14/h4,9,11-12H,2-3,5-8,14-15H2,1H3. The van der Waals surface area contributed by atoms with Crippen LogP contribution >= 0.6 is 11.3 Å². The Morgan fingerprint density at radius 1 is 1.47 bits per heavy atom. The highest BCUT2D eigenvalue weighted by Crippen LogP contribution is 2.33. The average molecular weight is 253 g/mol. The highest BCUT2D eigenvalue weighted by Gasteiger charge is 2.26. The van der Waals surface area contributed by atoms with Crippen LogP contribution < -0.4 is 11.5 Å². The summed E-state index contributed by atoms with van der Waals surface area (Å²) in [5.74, 6) is 0.640. The SMILES string of the molecule is Cc1ccsc1C(N)C1CCN(CCN)CC1. The van der Waals surface area contributed by atoms with Gasteiger partial charge in [0.05, 0.1) is 0 Å². The van der Waals surface area contributed by atoms with Gasteiger partial charge < -0.3 is 16.4 Å². The normalized spacial score (nSPS) is 20.6. The highest BCUT2D eigenvalue weighted by atomic mass is 32.1. The van der Waals surface area contributed by atoms with Crippen molar-refractivity contribution in [1.82, 2.24) is 4.90 Å². The molecule has 0 aliphatic carbocycles. The predicted octanol–water partition coefficient (Wildman–Crippen LogP) is 1.73. The molecule has 96 valence electrons. The van der Waals surface area contributed by atoms with Gasteiger partial charge in [-0.3, -0.25) is 0 Å². The van der Waals surface area contributed by atoms with Crippen LogP contribution in [0.4, 0.5) is 0 Å². The van der Waals surface area contributed by atoms with Gasteiger partial charge in [0.2, 0.25) is 0 Å². The summed E-state index contributed by atoms with van der Waals surface area (Å²) >= 11 is 1.80. The number of piperidine rings is 1. The molecule has 2 heterocycles. The zero-order valence-electron chi connectivity index (χ0n) is 10.6. The molecular formula is C13H23N3S. The molecule has 4 heteroatoms. The molecule has 3 nitrogen and oxygen atoms in total. The van der Waals surface area contributed by atoms with Crippen LogP contribution in [-0.4, -0.2) is 31.1 Å². The van der Waals surface area contributed by atoms with Gasteiger partial charge in [0.25, 0.3) is 0 Å². The molecule has 0 aromatic carbocycles. The van der Waals surface area contributed by atoms with E-state index in [9.17, 15) is 0 Å². The predicted molar refractivity (Wildman–Crippen MR) is 74.2 cm³/mol. The molecule has 2 rings (SSSR count). The number of aryl methyl sites for hydroxylation is 1. The van der Waals surface area contributed by atoms with E-state index in [1.165, 1.54) is 23.3 Å². The largest absolute Gasteiger partial charge is 0.329 e. The molecule has 1 saturated heterocycles. The average Bonchev–Trinajstić information content (AvgIpc) is 2.76. The summed E-state index contributed by atoms with van der Waals surface area (Å²) in [7, 11) is 0. The van der Waals surface area contributed by atoms with Gasteiger partial charge in [0, 0.05) is 24.0 Å². The lowest BCUT2D eigenvalue weighted by atomic mass is 9.88. The fourth-order valence-corrected chi connectivity index (χ4v) is 3.68. The molecule has 1 atom stereocenters. The fourth-order valence-electron chi connectivity index (χ4n) is 2.66. The maximum atomic E-state index is 6.40. The van der Waals surface area contributed by atoms with Crippen molar-refractivity contribution >= 4 is 11.3 Å². The van der Waals surface area contributed by atoms with Crippen LogP contribution in [0.5, 0.6) is 0 Å². The molecule has 0 bridgehead atoms. The summed E-state index contributed by atoms with van der Waals surface area (Å²) in [6.45, 7) is 6.26. The Balaban J connectivity index is 1.90. The minimum atomic E-state index is 0.232. The molecule has 1 unspecified atom stereocenters. The lowest BCUT2D eigenvalue weighted by Gasteiger charge is -2.34. The van der Waals surface area contributed by atoms with E-state index >= 15 is 0 Å². The third-order valence-electron chi connectivity index (χ3n) is 3.79. The first kappa shape index (κ1) is 13.0. The Morgan fingerprint density at radius 3 is 2.71 bits per heavy atom. The molecule has 1 aliphatic rings. The van der Waals surface area contributed by atoms with Crippen molar-refractivity contribution in [2.45, 2.75) is 25.8 Å². The van der Waals surface area contributed by atoms with Crippen molar-refractivity contribution < 1.29 is 0 Å². The molecule has 0 saturated carbocycles. The number of nitrogens with two attached hydrogens (primary N) is 2. The number of nitrogens with zero attached hydrogens (tertiary/aromatic N) is 1. The van der Waals surface area contributed by atoms with Crippen LogP contribution in [0.3, 0.4) is 0 Å². The first-order valence-electron chi connectivity index (χ1n) is 6.44. The first-order valence-corrected chi connectivity index (χ1v) is 7.32. The number of rotatable bonds is 4. The van der Waals surface area contributed by atoms with E-state index < -0.39 is 0 Å². The van der Waals surface area contributed by atoms with Gasteiger partial charge in [0.1, 0.15) is 0 Å². The molecule has 0 radical (unpaired) electrons. The Hall–Kier alpha value is -0.420. The summed E-state index contributed by atoms with van der Waals surface area (Å²) in [6, 6.07) is 2.40. The van der Waals surface area contributed by atoms with Crippen molar-refractivity contribution in [2.24, 2.45) is 17.4 Å². The van der Waals surface area contributed by atoms with Crippen LogP contribution in [0.15, 0.2) is 11.4 Å². The number of hydrogen-bond acceptors (Lipinski definition) is 4. The lowest BCUT2D eigenvalue weighted by molar-refractivity contribution is 0.173. The molecule has 4 N–H and O–H groups in total. The number of thiophene rings is 1. The van der Waals surface area contributed by atoms with Gasteiger partial charge in [-0.2, -0.15) is 0 Å². The number of hydrogen-bond donors (Lipinski definition) is 2. The summed E-state index contributed by atoms with van der Waals surface area (Å²) < 4.78 is 0. The summed E-state index contributed by atoms with van der Waals surface area (Å²) in [4.78, 5) is 3.83. The van der Waals surface area contributed by atoms with Crippen LogP contribution in [0.1, 0.15) is 29.3 Å². The first-order chi connectivity index (χ1) is 8.22. The van der Waals surface area contributed by atoms with Crippen molar-refractivity contribution in [3.05, 3.63) is 21.9 Å². The van der Waals surface area contributed by atoms with E-state index in [4.69, 9.17) is 11.5 Å². The Labute approximate surface area is 108 Å². The third-order valence-corrected chi connectivity index (χ3v) is 4.91. The second-order valence-corrected chi connectivity index (χ2v) is 5.91. The van der Waals surface area contributed by atoms with E-state index in [1.807, 2.05) is 0 Å². The van der Waals surface area contributed by atoms with Gasteiger partial charge in [0.15, 0.2) is 0 Å². The van der Waals surface area contributed by atoms with E-state index in [-0.39, 0.29) is 6.04 Å². The van der Waals surface area contributed by atoms with Crippen LogP contribution in [-0.2, 0) is 0 Å². The topological polar surface area (TPSA) is 55.3 Å². The quantitative estimate of drug-likeness (QED) is 0.859. The minimum Gasteiger partial charge on any atom is -0.329 e. The highest BCUT2D eigenvalue weighted by molar-refractivity contribution is 7.10. The van der Waals surface area contributed by atoms with Gasteiger partial charge in [-0.05, 0) is 55.8 Å². The van der Waals surface area contributed by atoms with E-state index in [2.05, 4.69) is 23.3 Å². The molecule has 1 aliphatic heterocycles. The zero-order valence-corrected chi connectivity index (χ0v) is 11.4. The van der Waals surface area contributed by atoms with Crippen molar-refractivity contribution in [3.63, 3.8) is 0 Å². The van der Waals surface area contributed by atoms with Crippen molar-refractivity contribution in [1.29, 1.82) is 0 Å². The van der Waals surface area contributed by atoms with Crippen molar-refractivity contribution in [3.8, 4) is 0 Å². The van der Waals surface area contributed by atoms with Gasteiger partial charge in [-0.15, -0.1) is 11.3 Å². The fraction of sp³-hybridized carbons (Fsp3) is 0.692. The second-order valence-electron chi connectivity index (χ2n) is 4.96.